The summed E-state index contributed by atoms with van der Waals surface area (Å²) in [7, 11) is -3.70. The number of Topliss-reactive ketones (excluding diaryl/α,β-unsaturated/α-hetero) is 1. The number of nitrogens with one attached hydrogen (secondary N) is 1. The van der Waals surface area contributed by atoms with Crippen LogP contribution in [-0.2, 0) is 14.8 Å². The molecule has 2 aromatic rings. The molecule has 0 radical (unpaired) electrons. The van der Waals surface area contributed by atoms with Crippen LogP contribution in [0.3, 0.4) is 0 Å². The highest BCUT2D eigenvalue weighted by atomic mass is 32.2. The smallest absolute Gasteiger partial charge is 0.248 e. The second-order valence-corrected chi connectivity index (χ2v) is 8.81. The van der Waals surface area contributed by atoms with Gasteiger partial charge >= 0.3 is 0 Å². The van der Waals surface area contributed by atoms with Gasteiger partial charge in [0.05, 0.1) is 11.9 Å². The molecule has 0 aliphatic rings. The fourth-order valence-electron chi connectivity index (χ4n) is 3.18. The highest BCUT2D eigenvalue weighted by Gasteiger charge is 2.31. The molecule has 0 aliphatic heterocycles. The van der Waals surface area contributed by atoms with Crippen molar-refractivity contribution in [2.45, 2.75) is 40.2 Å². The van der Waals surface area contributed by atoms with Gasteiger partial charge < -0.3 is 5.32 Å². The number of carbonyl (C=O) groups is 2. The number of nitrogens with zero attached hydrogens (tertiary/aromatic N) is 1. The van der Waals surface area contributed by atoms with Crippen LogP contribution in [0.25, 0.3) is 0 Å². The second kappa shape index (κ2) is 8.56. The van der Waals surface area contributed by atoms with Gasteiger partial charge in [0.15, 0.2) is 5.78 Å². The van der Waals surface area contributed by atoms with Crippen molar-refractivity contribution in [2.24, 2.45) is 0 Å². The number of hydrogen-bond donors (Lipinski definition) is 1. The maximum absolute atomic E-state index is 13.0. The molecule has 150 valence electrons. The molecule has 6 nitrogen and oxygen atoms in total. The lowest BCUT2D eigenvalue weighted by Crippen LogP contribution is -2.47. The van der Waals surface area contributed by atoms with Gasteiger partial charge in [-0.3, -0.25) is 13.9 Å². The van der Waals surface area contributed by atoms with Gasteiger partial charge in [-0.05, 0) is 62.6 Å². The molecule has 1 amide bonds. The van der Waals surface area contributed by atoms with Gasteiger partial charge in [-0.15, -0.1) is 0 Å². The summed E-state index contributed by atoms with van der Waals surface area (Å²) in [5, 5.41) is 2.74. The highest BCUT2D eigenvalue weighted by Crippen LogP contribution is 2.26. The number of anilines is 2. The summed E-state index contributed by atoms with van der Waals surface area (Å²) in [5.74, 6) is -0.566. The minimum Gasteiger partial charge on any atom is -0.324 e. The quantitative estimate of drug-likeness (QED) is 0.716. The van der Waals surface area contributed by atoms with Crippen molar-refractivity contribution in [3.05, 3.63) is 59.2 Å². The Morgan fingerprint density at radius 1 is 1.07 bits per heavy atom. The maximum Gasteiger partial charge on any atom is 0.248 e. The maximum atomic E-state index is 13.0. The van der Waals surface area contributed by atoms with Crippen molar-refractivity contribution in [3.63, 3.8) is 0 Å². The van der Waals surface area contributed by atoms with E-state index in [0.717, 1.165) is 21.7 Å². The van der Waals surface area contributed by atoms with Gasteiger partial charge in [0.2, 0.25) is 15.9 Å². The van der Waals surface area contributed by atoms with E-state index in [1.165, 1.54) is 6.92 Å². The van der Waals surface area contributed by atoms with Crippen LogP contribution in [0.2, 0.25) is 0 Å². The van der Waals surface area contributed by atoms with Crippen LogP contribution in [0, 0.1) is 13.8 Å². The molecule has 0 saturated carbocycles. The second-order valence-electron chi connectivity index (χ2n) is 6.96. The summed E-state index contributed by atoms with van der Waals surface area (Å²) in [6.07, 6.45) is 1.38. The molecule has 0 bridgehead atoms. The predicted molar refractivity (Wildman–Crippen MR) is 112 cm³/mol. The van der Waals surface area contributed by atoms with E-state index in [1.807, 2.05) is 19.9 Å². The standard InChI is InChI=1S/C21H26N2O4S/c1-6-20(21(25)22-18-9-7-8-17(13-18)16(4)24)23(28(5,26)27)19-11-14(2)10-15(3)12-19/h7-13,20H,6H2,1-5H3,(H,22,25)/t20-/m1/s1. The third-order valence-corrected chi connectivity index (χ3v) is 5.51. The van der Waals surface area contributed by atoms with Crippen LogP contribution in [0.5, 0.6) is 0 Å². The Bertz CT molecular complexity index is 979. The van der Waals surface area contributed by atoms with E-state index in [4.69, 9.17) is 0 Å². The normalized spacial score (nSPS) is 12.3. The first-order valence-corrected chi connectivity index (χ1v) is 10.9. The Morgan fingerprint density at radius 3 is 2.18 bits per heavy atom. The first-order valence-electron chi connectivity index (χ1n) is 9.02. The van der Waals surface area contributed by atoms with E-state index in [0.29, 0.717) is 16.9 Å². The Labute approximate surface area is 166 Å². The summed E-state index contributed by atoms with van der Waals surface area (Å²) in [5.41, 5.74) is 3.20. The molecule has 0 aliphatic carbocycles. The number of aryl methyl sites for hydroxylation is 2. The van der Waals surface area contributed by atoms with Gasteiger partial charge in [0, 0.05) is 11.3 Å². The molecule has 0 fully saturated rings. The molecule has 0 saturated heterocycles. The Balaban J connectivity index is 2.42. The predicted octanol–water partition coefficient (Wildman–Crippen LogP) is 3.69. The number of sulfonamides is 1. The molecule has 0 heterocycles. The first kappa shape index (κ1) is 21.6. The molecule has 2 aromatic carbocycles. The fraction of sp³-hybridized carbons (Fsp3) is 0.333. The van der Waals surface area contributed by atoms with E-state index in [9.17, 15) is 18.0 Å². The molecule has 0 aromatic heterocycles. The zero-order valence-corrected chi connectivity index (χ0v) is 17.6. The Kier molecular flexibility index (Phi) is 6.61. The van der Waals surface area contributed by atoms with Crippen molar-refractivity contribution in [3.8, 4) is 0 Å². The summed E-state index contributed by atoms with van der Waals surface area (Å²) in [6, 6.07) is 11.1. The molecule has 1 atom stereocenters. The van der Waals surface area contributed by atoms with Crippen molar-refractivity contribution in [1.82, 2.24) is 0 Å². The average Bonchev–Trinajstić information content (AvgIpc) is 2.57. The van der Waals surface area contributed by atoms with Crippen LogP contribution in [0.15, 0.2) is 42.5 Å². The number of hydrogen-bond acceptors (Lipinski definition) is 4. The molecule has 7 heteroatoms. The van der Waals surface area contributed by atoms with E-state index < -0.39 is 22.0 Å². The zero-order valence-electron chi connectivity index (χ0n) is 16.8. The number of benzene rings is 2. The van der Waals surface area contributed by atoms with Crippen LogP contribution in [0.1, 0.15) is 41.8 Å². The lowest BCUT2D eigenvalue weighted by atomic mass is 10.1. The molecule has 0 unspecified atom stereocenters. The third-order valence-electron chi connectivity index (χ3n) is 4.33. The van der Waals surface area contributed by atoms with Gasteiger partial charge in [0.25, 0.3) is 0 Å². The number of rotatable bonds is 7. The number of ketones is 1. The molecule has 1 N–H and O–H groups in total. The first-order chi connectivity index (χ1) is 13.0. The monoisotopic (exact) mass is 402 g/mol. The van der Waals surface area contributed by atoms with E-state index in [2.05, 4.69) is 5.32 Å². The van der Waals surface area contributed by atoms with Crippen molar-refractivity contribution in [2.75, 3.05) is 15.9 Å². The van der Waals surface area contributed by atoms with Crippen LogP contribution in [0.4, 0.5) is 11.4 Å². The van der Waals surface area contributed by atoms with Crippen molar-refractivity contribution < 1.29 is 18.0 Å². The lowest BCUT2D eigenvalue weighted by Gasteiger charge is -2.30. The third kappa shape index (κ3) is 5.19. The Hall–Kier alpha value is -2.67. The molecular weight excluding hydrogens is 376 g/mol. The number of carbonyl (C=O) groups excluding carboxylic acids is 2. The minimum atomic E-state index is -3.70. The zero-order chi connectivity index (χ0) is 21.1. The number of amides is 1. The van der Waals surface area contributed by atoms with E-state index in [-0.39, 0.29) is 12.2 Å². The van der Waals surface area contributed by atoms with Crippen LogP contribution >= 0.6 is 0 Å². The summed E-state index contributed by atoms with van der Waals surface area (Å²) in [4.78, 5) is 24.5. The summed E-state index contributed by atoms with van der Waals surface area (Å²) in [6.45, 7) is 6.97. The SMILES string of the molecule is CC[C@H](C(=O)Nc1cccc(C(C)=O)c1)N(c1cc(C)cc(C)c1)S(C)(=O)=O. The van der Waals surface area contributed by atoms with Gasteiger partial charge in [-0.25, -0.2) is 8.42 Å². The fourth-order valence-corrected chi connectivity index (χ4v) is 4.38. The van der Waals surface area contributed by atoms with Gasteiger partial charge in [-0.2, -0.15) is 0 Å². The van der Waals surface area contributed by atoms with Gasteiger partial charge in [0.1, 0.15) is 6.04 Å². The molecular formula is C21H26N2O4S. The van der Waals surface area contributed by atoms with E-state index in [1.54, 1.807) is 43.3 Å². The van der Waals surface area contributed by atoms with E-state index >= 15 is 0 Å². The van der Waals surface area contributed by atoms with Crippen molar-refractivity contribution >= 4 is 33.1 Å². The highest BCUT2D eigenvalue weighted by molar-refractivity contribution is 7.92. The largest absolute Gasteiger partial charge is 0.324 e. The topological polar surface area (TPSA) is 83.6 Å². The summed E-state index contributed by atoms with van der Waals surface area (Å²) >= 11 is 0. The molecule has 0 spiro atoms. The molecule has 28 heavy (non-hydrogen) atoms. The average molecular weight is 403 g/mol. The van der Waals surface area contributed by atoms with Crippen molar-refractivity contribution in [1.29, 1.82) is 0 Å². The summed E-state index contributed by atoms with van der Waals surface area (Å²) < 4.78 is 26.3. The van der Waals surface area contributed by atoms with Crippen LogP contribution < -0.4 is 9.62 Å². The molecule has 2 rings (SSSR count). The van der Waals surface area contributed by atoms with Gasteiger partial charge in [-0.1, -0.05) is 25.1 Å². The lowest BCUT2D eigenvalue weighted by molar-refractivity contribution is -0.117. The minimum absolute atomic E-state index is 0.115. The Morgan fingerprint density at radius 2 is 1.68 bits per heavy atom. The van der Waals surface area contributed by atoms with Crippen LogP contribution in [-0.4, -0.2) is 32.4 Å².